The molecule has 0 aliphatic carbocycles. The number of thiazole rings is 2. The zero-order valence-corrected chi connectivity index (χ0v) is 29.1. The van der Waals surface area contributed by atoms with E-state index >= 15 is 0 Å². The van der Waals surface area contributed by atoms with Crippen LogP contribution >= 0.6 is 22.7 Å². The molecular weight excluding hydrogens is 712 g/mol. The van der Waals surface area contributed by atoms with E-state index in [0.29, 0.717) is 0 Å². The molecule has 44 heavy (non-hydrogen) atoms. The van der Waals surface area contributed by atoms with Gasteiger partial charge < -0.3 is 43.1 Å². The standard InChI is InChI=1S/C36H34N4S2.2BrH/c1(15-25-39-33(29-17-7-3-8-18-29)27-41-35(39)37-31-21-11-5-12-22-31)2-16-26-40-34(30-19-9-4-10-20-30)28-42-36(40)38-32-23-13-6-14-24-32;;/h3-14,17-24,27-28H,1-2,15-16,25-26H2;2*1H/p-2. The van der Waals surface area contributed by atoms with Gasteiger partial charge in [0.1, 0.15) is 0 Å². The first-order valence-corrected chi connectivity index (χ1v) is 16.3. The molecule has 0 saturated carbocycles. The number of para-hydroxylation sites is 2. The van der Waals surface area contributed by atoms with Gasteiger partial charge in [0, 0.05) is 23.8 Å². The quantitative estimate of drug-likeness (QED) is 0.182. The first-order valence-electron chi connectivity index (χ1n) is 14.5. The van der Waals surface area contributed by atoms with Crippen LogP contribution in [0.2, 0.25) is 0 Å². The van der Waals surface area contributed by atoms with Crippen molar-refractivity contribution < 1.29 is 34.0 Å². The molecule has 4 nitrogen and oxygen atoms in total. The molecule has 0 radical (unpaired) electrons. The van der Waals surface area contributed by atoms with Crippen LogP contribution in [0.5, 0.6) is 0 Å². The third-order valence-electron chi connectivity index (χ3n) is 7.21. The number of hydrogen-bond acceptors (Lipinski definition) is 4. The number of halogens is 2. The van der Waals surface area contributed by atoms with Gasteiger partial charge in [0.25, 0.3) is 0 Å². The number of aromatic nitrogens is 2. The average molecular weight is 747 g/mol. The number of unbranched alkanes of at least 4 members (excludes halogenated alkanes) is 3. The fourth-order valence-corrected chi connectivity index (χ4v) is 6.98. The Hall–Kier alpha value is -3.30. The van der Waals surface area contributed by atoms with E-state index in [9.17, 15) is 0 Å². The van der Waals surface area contributed by atoms with Crippen LogP contribution in [0.15, 0.2) is 142 Å². The minimum absolute atomic E-state index is 0. The van der Waals surface area contributed by atoms with Gasteiger partial charge in [-0.1, -0.05) is 110 Å². The van der Waals surface area contributed by atoms with E-state index in [-0.39, 0.29) is 34.0 Å². The van der Waals surface area contributed by atoms with Gasteiger partial charge in [-0.3, -0.25) is 0 Å². The van der Waals surface area contributed by atoms with Gasteiger partial charge >= 0.3 is 0 Å². The predicted molar refractivity (Wildman–Crippen MR) is 177 cm³/mol. The largest absolute Gasteiger partial charge is 1.00 e. The molecular formula is C36H34Br2N4S2-2. The maximum Gasteiger partial charge on any atom is 0.190 e. The Kier molecular flexibility index (Phi) is 13.2. The Morgan fingerprint density at radius 2 is 0.773 bits per heavy atom. The van der Waals surface area contributed by atoms with Crippen molar-refractivity contribution in [3.63, 3.8) is 0 Å². The molecule has 0 amide bonds. The summed E-state index contributed by atoms with van der Waals surface area (Å²) in [4.78, 5) is 12.1. The number of benzene rings is 4. The Morgan fingerprint density at radius 1 is 0.432 bits per heavy atom. The normalized spacial score (nSPS) is 11.6. The highest BCUT2D eigenvalue weighted by atomic mass is 79.9. The predicted octanol–water partition coefficient (Wildman–Crippen LogP) is 3.48. The monoisotopic (exact) mass is 744 g/mol. The van der Waals surface area contributed by atoms with Gasteiger partial charge in [0.15, 0.2) is 9.60 Å². The van der Waals surface area contributed by atoms with Crippen molar-refractivity contribution in [2.45, 2.75) is 38.8 Å². The maximum atomic E-state index is 4.99. The molecule has 2 aromatic heterocycles. The molecule has 0 N–H and O–H groups in total. The number of rotatable bonds is 11. The minimum atomic E-state index is 0. The molecule has 8 heteroatoms. The lowest BCUT2D eigenvalue weighted by Gasteiger charge is -2.11. The first kappa shape index (κ1) is 33.6. The molecule has 0 spiro atoms. The molecule has 0 atom stereocenters. The van der Waals surface area contributed by atoms with Crippen molar-refractivity contribution >= 4 is 34.0 Å². The second-order valence-corrected chi connectivity index (χ2v) is 11.8. The van der Waals surface area contributed by atoms with E-state index in [1.165, 1.54) is 35.4 Å². The van der Waals surface area contributed by atoms with Crippen molar-refractivity contribution in [1.82, 2.24) is 9.13 Å². The van der Waals surface area contributed by atoms with E-state index in [0.717, 1.165) is 46.9 Å². The third kappa shape index (κ3) is 8.66. The summed E-state index contributed by atoms with van der Waals surface area (Å²) in [5, 5.41) is 4.49. The SMILES string of the molecule is [Br-].[Br-].c1ccc(N=c2scc(-c3ccccc3)n2CCCCCCn2c(-c3ccccc3)csc2=Nc2ccccc2)cc1. The van der Waals surface area contributed by atoms with Crippen LogP contribution in [0.1, 0.15) is 25.7 Å². The highest BCUT2D eigenvalue weighted by Gasteiger charge is 2.10. The molecule has 4 aromatic carbocycles. The van der Waals surface area contributed by atoms with Crippen molar-refractivity contribution in [2.24, 2.45) is 9.98 Å². The number of nitrogens with zero attached hydrogens (tertiary/aromatic N) is 4. The van der Waals surface area contributed by atoms with Gasteiger partial charge in [0.2, 0.25) is 0 Å². The highest BCUT2D eigenvalue weighted by Crippen LogP contribution is 2.23. The average Bonchev–Trinajstić information content (AvgIpc) is 3.64. The molecule has 0 aliphatic heterocycles. The second kappa shape index (κ2) is 17.3. The molecule has 226 valence electrons. The van der Waals surface area contributed by atoms with Crippen molar-refractivity contribution in [2.75, 3.05) is 0 Å². The Morgan fingerprint density at radius 3 is 1.14 bits per heavy atom. The number of hydrogen-bond donors (Lipinski definition) is 0. The lowest BCUT2D eigenvalue weighted by atomic mass is 10.1. The molecule has 2 heterocycles. The van der Waals surface area contributed by atoms with Gasteiger partial charge in [-0.25, -0.2) is 9.98 Å². The molecule has 0 fully saturated rings. The van der Waals surface area contributed by atoms with Gasteiger partial charge in [-0.2, -0.15) is 0 Å². The van der Waals surface area contributed by atoms with Gasteiger partial charge in [-0.05, 0) is 48.2 Å². The Labute approximate surface area is 288 Å². The van der Waals surface area contributed by atoms with Crippen LogP contribution in [0, 0.1) is 0 Å². The molecule has 6 aromatic rings. The second-order valence-electron chi connectivity index (χ2n) is 10.2. The third-order valence-corrected chi connectivity index (χ3v) is 8.94. The summed E-state index contributed by atoms with van der Waals surface area (Å²) in [6.45, 7) is 1.91. The fraction of sp³-hybridized carbons (Fsp3) is 0.167. The molecule has 0 saturated heterocycles. The summed E-state index contributed by atoms with van der Waals surface area (Å²) < 4.78 is 4.79. The van der Waals surface area contributed by atoms with E-state index in [1.54, 1.807) is 22.7 Å². The molecule has 0 unspecified atom stereocenters. The van der Waals surface area contributed by atoms with E-state index in [2.05, 4.69) is 105 Å². The summed E-state index contributed by atoms with van der Waals surface area (Å²) in [6, 6.07) is 41.8. The zero-order valence-electron chi connectivity index (χ0n) is 24.3. The van der Waals surface area contributed by atoms with Crippen LogP contribution in [0.4, 0.5) is 11.4 Å². The van der Waals surface area contributed by atoms with Crippen LogP contribution in [0.3, 0.4) is 0 Å². The van der Waals surface area contributed by atoms with E-state index < -0.39 is 0 Å². The molecule has 6 rings (SSSR count). The smallest absolute Gasteiger partial charge is 0.190 e. The highest BCUT2D eigenvalue weighted by molar-refractivity contribution is 7.07. The Balaban J connectivity index is 0.00000221. The van der Waals surface area contributed by atoms with Crippen LogP contribution in [-0.4, -0.2) is 9.13 Å². The van der Waals surface area contributed by atoms with Crippen LogP contribution < -0.4 is 43.6 Å². The summed E-state index contributed by atoms with van der Waals surface area (Å²) >= 11 is 3.44. The van der Waals surface area contributed by atoms with Crippen LogP contribution in [-0.2, 0) is 13.1 Å². The minimum Gasteiger partial charge on any atom is -1.00 e. The summed E-state index contributed by atoms with van der Waals surface area (Å²) in [5.41, 5.74) is 6.94. The Bertz CT molecular complexity index is 1690. The van der Waals surface area contributed by atoms with Crippen molar-refractivity contribution in [3.8, 4) is 22.5 Å². The van der Waals surface area contributed by atoms with Crippen molar-refractivity contribution in [3.05, 3.63) is 142 Å². The summed E-state index contributed by atoms with van der Waals surface area (Å²) in [7, 11) is 0. The van der Waals surface area contributed by atoms with Gasteiger partial charge in [-0.15, -0.1) is 22.7 Å². The lowest BCUT2D eigenvalue weighted by molar-refractivity contribution is -0.00100. The van der Waals surface area contributed by atoms with Crippen LogP contribution in [0.25, 0.3) is 22.5 Å². The lowest BCUT2D eigenvalue weighted by Crippen LogP contribution is -3.00. The maximum absolute atomic E-state index is 4.99. The molecule has 0 bridgehead atoms. The van der Waals surface area contributed by atoms with Crippen molar-refractivity contribution in [1.29, 1.82) is 0 Å². The van der Waals surface area contributed by atoms with E-state index in [4.69, 9.17) is 9.98 Å². The summed E-state index contributed by atoms with van der Waals surface area (Å²) in [6.07, 6.45) is 4.55. The van der Waals surface area contributed by atoms with Gasteiger partial charge in [0.05, 0.1) is 22.8 Å². The first-order chi connectivity index (χ1) is 20.8. The summed E-state index contributed by atoms with van der Waals surface area (Å²) in [5.74, 6) is 0. The fourth-order valence-electron chi connectivity index (χ4n) is 5.07. The molecule has 0 aliphatic rings. The van der Waals surface area contributed by atoms with E-state index in [1.807, 2.05) is 36.4 Å². The topological polar surface area (TPSA) is 34.6 Å². The zero-order chi connectivity index (χ0) is 28.4.